The van der Waals surface area contributed by atoms with Crippen LogP contribution in [0.1, 0.15) is 0 Å². The van der Waals surface area contributed by atoms with E-state index in [0.717, 1.165) is 8.05 Å². The van der Waals surface area contributed by atoms with Crippen LogP contribution >= 0.6 is 7.82 Å². The fourth-order valence-electron chi connectivity index (χ4n) is 0.144. The first-order valence-electron chi connectivity index (χ1n) is 2.15. The molecule has 1 unspecified atom stereocenters. The molecule has 0 aromatic carbocycles. The van der Waals surface area contributed by atoms with Gasteiger partial charge in [-0.3, -0.25) is 5.41 Å². The van der Waals surface area contributed by atoms with Gasteiger partial charge in [0, 0.05) is 0 Å². The molecule has 0 saturated carbocycles. The second-order valence-corrected chi connectivity index (χ2v) is 2.74. The summed E-state index contributed by atoms with van der Waals surface area (Å²) in [5.74, 6) is -0.577. The van der Waals surface area contributed by atoms with Crippen LogP contribution in [0.25, 0.3) is 0 Å². The smallest absolute Gasteiger partial charge is 0.368 e. The van der Waals surface area contributed by atoms with Crippen molar-refractivity contribution in [2.75, 3.05) is 0 Å². The summed E-state index contributed by atoms with van der Waals surface area (Å²) in [4.78, 5) is 8.47. The van der Waals surface area contributed by atoms with Crippen LogP contribution in [0.4, 0.5) is 0 Å². The van der Waals surface area contributed by atoms with Crippen molar-refractivity contribution in [2.24, 2.45) is 5.73 Å². The average Bonchev–Trinajstić information content (AvgIpc) is 1.85. The Balaban J connectivity index is 3.68. The maximum atomic E-state index is 10.4. The van der Waals surface area contributed by atoms with Crippen molar-refractivity contribution >= 4 is 21.8 Å². The SMILES string of the molecule is BOP(=O)(O)ONC(=N)N. The number of hydrogen-bond acceptors (Lipinski definition) is 4. The largest absolute Gasteiger partial charge is 0.478 e. The molecule has 0 amide bonds. The van der Waals surface area contributed by atoms with Gasteiger partial charge in [-0.1, -0.05) is 0 Å². The number of hydroxylamine groups is 1. The average molecular weight is 167 g/mol. The molecule has 0 spiro atoms. The minimum atomic E-state index is -4.06. The van der Waals surface area contributed by atoms with Crippen molar-refractivity contribution in [3.63, 3.8) is 0 Å². The van der Waals surface area contributed by atoms with E-state index in [1.807, 2.05) is 0 Å². The molecular weight excluding hydrogens is 160 g/mol. The maximum absolute atomic E-state index is 10.4. The Bertz CT molecular complexity index is 172. The van der Waals surface area contributed by atoms with Crippen molar-refractivity contribution in [3.8, 4) is 0 Å². The van der Waals surface area contributed by atoms with E-state index in [9.17, 15) is 4.57 Å². The van der Waals surface area contributed by atoms with Gasteiger partial charge in [-0.2, -0.15) is 4.62 Å². The first-order valence-corrected chi connectivity index (χ1v) is 3.64. The van der Waals surface area contributed by atoms with Gasteiger partial charge in [-0.15, -0.1) is 0 Å². The fraction of sp³-hybridized carbons (Fsp3) is 0. The molecule has 0 aliphatic carbocycles. The Kier molecular flexibility index (Phi) is 3.38. The van der Waals surface area contributed by atoms with Gasteiger partial charge >= 0.3 is 7.82 Å². The van der Waals surface area contributed by atoms with E-state index in [-0.39, 0.29) is 0 Å². The quantitative estimate of drug-likeness (QED) is 0.128. The zero-order valence-electron chi connectivity index (χ0n) is 5.20. The van der Waals surface area contributed by atoms with Gasteiger partial charge in [-0.25, -0.2) is 10.0 Å². The number of guanidine groups is 1. The van der Waals surface area contributed by atoms with Gasteiger partial charge in [0.2, 0.25) is 5.96 Å². The van der Waals surface area contributed by atoms with Crippen LogP contribution in [-0.2, 0) is 13.6 Å². The summed E-state index contributed by atoms with van der Waals surface area (Å²) < 4.78 is 18.3. The zero-order chi connectivity index (χ0) is 8.20. The zero-order valence-corrected chi connectivity index (χ0v) is 6.09. The monoisotopic (exact) mass is 167 g/mol. The van der Waals surface area contributed by atoms with Crippen molar-refractivity contribution < 1.29 is 18.5 Å². The second kappa shape index (κ2) is 3.57. The highest BCUT2D eigenvalue weighted by Gasteiger charge is 2.17. The molecule has 0 aliphatic heterocycles. The Morgan fingerprint density at radius 3 is 2.70 bits per heavy atom. The van der Waals surface area contributed by atoms with Crippen molar-refractivity contribution in [1.82, 2.24) is 5.48 Å². The molecule has 0 fully saturated rings. The molecule has 0 radical (unpaired) electrons. The van der Waals surface area contributed by atoms with E-state index in [4.69, 9.17) is 16.0 Å². The van der Waals surface area contributed by atoms with Gasteiger partial charge in [0.25, 0.3) is 8.05 Å². The van der Waals surface area contributed by atoms with Gasteiger partial charge in [0.1, 0.15) is 0 Å². The molecule has 9 heteroatoms. The molecule has 10 heavy (non-hydrogen) atoms. The molecule has 0 aliphatic rings. The van der Waals surface area contributed by atoms with Crippen molar-refractivity contribution in [2.45, 2.75) is 0 Å². The molecular formula is CH7BN3O4P. The lowest BCUT2D eigenvalue weighted by Gasteiger charge is -2.08. The van der Waals surface area contributed by atoms with Crippen LogP contribution in [0, 0.1) is 5.41 Å². The summed E-state index contributed by atoms with van der Waals surface area (Å²) in [7, 11) is -3.07. The number of rotatable bonds is 3. The molecule has 5 N–H and O–H groups in total. The fourth-order valence-corrected chi connectivity index (χ4v) is 0.432. The third-order valence-corrected chi connectivity index (χ3v) is 1.29. The molecule has 0 bridgehead atoms. The van der Waals surface area contributed by atoms with Crippen LogP contribution in [0.5, 0.6) is 0 Å². The first-order chi connectivity index (χ1) is 4.48. The molecule has 0 aromatic rings. The van der Waals surface area contributed by atoms with Crippen LogP contribution in [0.15, 0.2) is 0 Å². The normalized spacial score (nSPS) is 15.7. The second-order valence-electron chi connectivity index (χ2n) is 1.26. The van der Waals surface area contributed by atoms with Crippen LogP contribution < -0.4 is 11.2 Å². The highest BCUT2D eigenvalue weighted by atomic mass is 31.2. The van der Waals surface area contributed by atoms with E-state index in [0.29, 0.717) is 0 Å². The predicted octanol–water partition coefficient (Wildman–Crippen LogP) is -1.93. The molecule has 7 nitrogen and oxygen atoms in total. The summed E-state index contributed by atoms with van der Waals surface area (Å²) in [6.07, 6.45) is 0. The summed E-state index contributed by atoms with van der Waals surface area (Å²) in [5, 5.41) is 6.50. The van der Waals surface area contributed by atoms with Crippen molar-refractivity contribution in [1.29, 1.82) is 5.41 Å². The molecule has 0 rings (SSSR count). The third kappa shape index (κ3) is 4.34. The summed E-state index contributed by atoms with van der Waals surface area (Å²) in [6, 6.07) is 0. The summed E-state index contributed by atoms with van der Waals surface area (Å²) in [5.41, 5.74) is 6.37. The molecule has 0 aromatic heterocycles. The number of phosphoric acid groups is 1. The highest BCUT2D eigenvalue weighted by molar-refractivity contribution is 7.48. The minimum absolute atomic E-state index is 0.577. The van der Waals surface area contributed by atoms with Gasteiger partial charge in [0.05, 0.1) is 0 Å². The van der Waals surface area contributed by atoms with Crippen LogP contribution in [-0.4, -0.2) is 18.9 Å². The lowest BCUT2D eigenvalue weighted by molar-refractivity contribution is 0.171. The Labute approximate surface area is 58.0 Å². The Morgan fingerprint density at radius 1 is 1.90 bits per heavy atom. The lowest BCUT2D eigenvalue weighted by atomic mass is 10.6. The number of nitrogens with one attached hydrogen (secondary N) is 2. The molecule has 0 heterocycles. The van der Waals surface area contributed by atoms with Crippen LogP contribution in [0.3, 0.4) is 0 Å². The molecule has 0 saturated heterocycles. The topological polar surface area (TPSA) is 118 Å². The number of nitrogens with two attached hydrogens (primary N) is 1. The van der Waals surface area contributed by atoms with E-state index < -0.39 is 13.8 Å². The maximum Gasteiger partial charge on any atom is 0.478 e. The first kappa shape index (κ1) is 9.44. The Hall–Kier alpha value is -0.555. The van der Waals surface area contributed by atoms with Gasteiger partial charge in [-0.05, 0) is 0 Å². The predicted molar refractivity (Wildman–Crippen MR) is 35.6 cm³/mol. The van der Waals surface area contributed by atoms with E-state index in [2.05, 4.69) is 9.07 Å². The lowest BCUT2D eigenvalue weighted by Crippen LogP contribution is -2.29. The third-order valence-electron chi connectivity index (χ3n) is 0.502. The standard InChI is InChI=1S/CH7BN3O4P/c2-8-10(6,7)9-5-1(3)4/h2H2,(H,6,7)(H4,3,4,5). The summed E-state index contributed by atoms with van der Waals surface area (Å²) in [6.45, 7) is 0. The van der Waals surface area contributed by atoms with Crippen molar-refractivity contribution in [3.05, 3.63) is 0 Å². The minimum Gasteiger partial charge on any atom is -0.368 e. The van der Waals surface area contributed by atoms with E-state index in [1.54, 1.807) is 5.48 Å². The molecule has 1 atom stereocenters. The van der Waals surface area contributed by atoms with Gasteiger partial charge in [0.15, 0.2) is 0 Å². The highest BCUT2D eigenvalue weighted by Crippen LogP contribution is 2.39. The van der Waals surface area contributed by atoms with E-state index >= 15 is 0 Å². The van der Waals surface area contributed by atoms with Crippen LogP contribution in [0.2, 0.25) is 0 Å². The number of hydrogen-bond donors (Lipinski definition) is 4. The molecule has 58 valence electrons. The van der Waals surface area contributed by atoms with E-state index in [1.165, 1.54) is 0 Å². The Morgan fingerprint density at radius 2 is 2.40 bits per heavy atom. The summed E-state index contributed by atoms with van der Waals surface area (Å²) >= 11 is 0. The van der Waals surface area contributed by atoms with Gasteiger partial charge < -0.3 is 15.1 Å².